The number of nitrogens with two attached hydrogens (primary N) is 1. The SMILES string of the molecule is Nc1ccccc1Cc1cccc2c(-c3ccccc3)cccc12. The van der Waals surface area contributed by atoms with Crippen molar-refractivity contribution in [3.8, 4) is 11.1 Å². The fraction of sp³-hybridized carbons (Fsp3) is 0.0435. The van der Waals surface area contributed by atoms with Crippen molar-refractivity contribution in [2.75, 3.05) is 5.73 Å². The molecule has 0 aliphatic carbocycles. The van der Waals surface area contributed by atoms with Crippen molar-refractivity contribution in [1.82, 2.24) is 0 Å². The molecule has 1 heteroatoms. The second-order valence-electron chi connectivity index (χ2n) is 6.06. The predicted octanol–water partition coefficient (Wildman–Crippen LogP) is 5.68. The fourth-order valence-corrected chi connectivity index (χ4v) is 3.30. The van der Waals surface area contributed by atoms with E-state index in [1.54, 1.807) is 0 Å². The van der Waals surface area contributed by atoms with Gasteiger partial charge in [0.25, 0.3) is 0 Å². The molecule has 0 saturated carbocycles. The maximum atomic E-state index is 6.13. The highest BCUT2D eigenvalue weighted by molar-refractivity contribution is 5.98. The molecule has 0 aromatic heterocycles. The van der Waals surface area contributed by atoms with Gasteiger partial charge in [0.05, 0.1) is 0 Å². The van der Waals surface area contributed by atoms with E-state index in [0.717, 1.165) is 12.1 Å². The minimum atomic E-state index is 0.849. The van der Waals surface area contributed by atoms with Gasteiger partial charge in [-0.2, -0.15) is 0 Å². The van der Waals surface area contributed by atoms with Gasteiger partial charge in [-0.15, -0.1) is 0 Å². The topological polar surface area (TPSA) is 26.0 Å². The summed E-state index contributed by atoms with van der Waals surface area (Å²) in [5, 5.41) is 2.58. The van der Waals surface area contributed by atoms with Crippen LogP contribution in [0.25, 0.3) is 21.9 Å². The van der Waals surface area contributed by atoms with Gasteiger partial charge in [-0.1, -0.05) is 84.9 Å². The van der Waals surface area contributed by atoms with Crippen molar-refractivity contribution < 1.29 is 0 Å². The lowest BCUT2D eigenvalue weighted by molar-refractivity contribution is 1.22. The van der Waals surface area contributed by atoms with Crippen LogP contribution in [0.2, 0.25) is 0 Å². The molecule has 0 unspecified atom stereocenters. The maximum Gasteiger partial charge on any atom is 0.0349 e. The van der Waals surface area contributed by atoms with E-state index >= 15 is 0 Å². The lowest BCUT2D eigenvalue weighted by Gasteiger charge is -2.12. The van der Waals surface area contributed by atoms with Crippen LogP contribution in [0.15, 0.2) is 91.0 Å². The van der Waals surface area contributed by atoms with Gasteiger partial charge in [0, 0.05) is 12.1 Å². The van der Waals surface area contributed by atoms with Gasteiger partial charge in [-0.05, 0) is 39.1 Å². The van der Waals surface area contributed by atoms with Gasteiger partial charge in [0.1, 0.15) is 0 Å². The average Bonchev–Trinajstić information content (AvgIpc) is 2.64. The number of fused-ring (bicyclic) bond motifs is 1. The van der Waals surface area contributed by atoms with Crippen molar-refractivity contribution in [3.63, 3.8) is 0 Å². The van der Waals surface area contributed by atoms with Crippen LogP contribution in [0.5, 0.6) is 0 Å². The summed E-state index contributed by atoms with van der Waals surface area (Å²) in [6, 6.07) is 31.7. The second kappa shape index (κ2) is 6.21. The van der Waals surface area contributed by atoms with Gasteiger partial charge < -0.3 is 5.73 Å². The number of anilines is 1. The summed E-state index contributed by atoms with van der Waals surface area (Å²) in [6.07, 6.45) is 0.849. The Labute approximate surface area is 142 Å². The molecule has 0 aliphatic rings. The highest BCUT2D eigenvalue weighted by atomic mass is 14.6. The van der Waals surface area contributed by atoms with Crippen molar-refractivity contribution in [3.05, 3.63) is 102 Å². The normalized spacial score (nSPS) is 10.8. The van der Waals surface area contributed by atoms with E-state index in [0.29, 0.717) is 0 Å². The highest BCUT2D eigenvalue weighted by Gasteiger charge is 2.08. The molecule has 2 N–H and O–H groups in total. The van der Waals surface area contributed by atoms with E-state index in [1.807, 2.05) is 18.2 Å². The number of rotatable bonds is 3. The van der Waals surface area contributed by atoms with Crippen molar-refractivity contribution in [2.45, 2.75) is 6.42 Å². The Kier molecular flexibility index (Phi) is 3.76. The minimum absolute atomic E-state index is 0.849. The largest absolute Gasteiger partial charge is 0.398 e. The first-order valence-corrected chi connectivity index (χ1v) is 8.22. The molecule has 4 aromatic rings. The molecule has 24 heavy (non-hydrogen) atoms. The van der Waals surface area contributed by atoms with Gasteiger partial charge in [0.2, 0.25) is 0 Å². The van der Waals surface area contributed by atoms with E-state index < -0.39 is 0 Å². The van der Waals surface area contributed by atoms with E-state index in [2.05, 4.69) is 72.8 Å². The Hall–Kier alpha value is -3.06. The molecule has 0 amide bonds. The first-order valence-electron chi connectivity index (χ1n) is 8.22. The number of hydrogen-bond donors (Lipinski definition) is 1. The second-order valence-corrected chi connectivity index (χ2v) is 6.06. The third kappa shape index (κ3) is 2.65. The molecule has 0 heterocycles. The fourth-order valence-electron chi connectivity index (χ4n) is 3.30. The summed E-state index contributed by atoms with van der Waals surface area (Å²) in [5.41, 5.74) is 12.0. The van der Waals surface area contributed by atoms with Crippen LogP contribution in [-0.2, 0) is 6.42 Å². The van der Waals surface area contributed by atoms with Crippen molar-refractivity contribution >= 4 is 16.5 Å². The molecule has 0 radical (unpaired) electrons. The molecule has 0 fully saturated rings. The van der Waals surface area contributed by atoms with E-state index in [9.17, 15) is 0 Å². The van der Waals surface area contributed by atoms with E-state index in [1.165, 1.54) is 33.0 Å². The van der Waals surface area contributed by atoms with Crippen LogP contribution in [0.4, 0.5) is 5.69 Å². The Morgan fingerprint density at radius 2 is 1.21 bits per heavy atom. The molecule has 0 saturated heterocycles. The van der Waals surface area contributed by atoms with Gasteiger partial charge >= 0.3 is 0 Å². The van der Waals surface area contributed by atoms with E-state index in [4.69, 9.17) is 5.73 Å². The molecule has 0 bridgehead atoms. The van der Waals surface area contributed by atoms with Gasteiger partial charge in [-0.3, -0.25) is 0 Å². The molecule has 4 rings (SSSR count). The number of para-hydroxylation sites is 1. The Bertz CT molecular complexity index is 987. The monoisotopic (exact) mass is 309 g/mol. The van der Waals surface area contributed by atoms with Crippen molar-refractivity contribution in [1.29, 1.82) is 0 Å². The zero-order valence-electron chi connectivity index (χ0n) is 13.4. The molecule has 0 spiro atoms. The van der Waals surface area contributed by atoms with Crippen LogP contribution in [0.3, 0.4) is 0 Å². The minimum Gasteiger partial charge on any atom is -0.398 e. The zero-order valence-corrected chi connectivity index (χ0v) is 13.4. The third-order valence-electron chi connectivity index (χ3n) is 4.53. The van der Waals surface area contributed by atoms with Gasteiger partial charge in [0.15, 0.2) is 0 Å². The zero-order chi connectivity index (χ0) is 16.4. The quantitative estimate of drug-likeness (QED) is 0.484. The smallest absolute Gasteiger partial charge is 0.0349 e. The van der Waals surface area contributed by atoms with Crippen molar-refractivity contribution in [2.24, 2.45) is 0 Å². The Morgan fingerprint density at radius 1 is 0.542 bits per heavy atom. The first-order chi connectivity index (χ1) is 11.8. The molecular weight excluding hydrogens is 290 g/mol. The first kappa shape index (κ1) is 14.5. The molecule has 116 valence electrons. The van der Waals surface area contributed by atoms with Crippen LogP contribution >= 0.6 is 0 Å². The summed E-state index contributed by atoms with van der Waals surface area (Å²) >= 11 is 0. The summed E-state index contributed by atoms with van der Waals surface area (Å²) in [4.78, 5) is 0. The molecule has 1 nitrogen and oxygen atoms in total. The number of nitrogen functional groups attached to an aromatic ring is 1. The van der Waals surface area contributed by atoms with Crippen LogP contribution in [0, 0.1) is 0 Å². The number of benzene rings is 4. The van der Waals surface area contributed by atoms with Crippen LogP contribution in [0.1, 0.15) is 11.1 Å². The summed E-state index contributed by atoms with van der Waals surface area (Å²) in [7, 11) is 0. The molecule has 0 aliphatic heterocycles. The summed E-state index contributed by atoms with van der Waals surface area (Å²) in [5.74, 6) is 0. The third-order valence-corrected chi connectivity index (χ3v) is 4.53. The van der Waals surface area contributed by atoms with Gasteiger partial charge in [-0.25, -0.2) is 0 Å². The Morgan fingerprint density at radius 3 is 2.04 bits per heavy atom. The lowest BCUT2D eigenvalue weighted by Crippen LogP contribution is -1.96. The average molecular weight is 309 g/mol. The molecule has 0 atom stereocenters. The summed E-state index contributed by atoms with van der Waals surface area (Å²) < 4.78 is 0. The molecular formula is C23H19N. The summed E-state index contributed by atoms with van der Waals surface area (Å²) in [6.45, 7) is 0. The lowest BCUT2D eigenvalue weighted by atomic mass is 9.93. The Balaban J connectivity index is 1.86. The van der Waals surface area contributed by atoms with Crippen LogP contribution in [-0.4, -0.2) is 0 Å². The standard InChI is InChI=1S/C23H19N/c24-23-15-5-4-10-19(23)16-18-11-6-14-22-20(12-7-13-21(18)22)17-8-2-1-3-9-17/h1-15H,16,24H2. The number of hydrogen-bond acceptors (Lipinski definition) is 1. The molecule has 4 aromatic carbocycles. The predicted molar refractivity (Wildman–Crippen MR) is 103 cm³/mol. The highest BCUT2D eigenvalue weighted by Crippen LogP contribution is 2.31. The van der Waals surface area contributed by atoms with Crippen LogP contribution < -0.4 is 5.73 Å². The van der Waals surface area contributed by atoms with E-state index in [-0.39, 0.29) is 0 Å². The maximum absolute atomic E-state index is 6.13.